The van der Waals surface area contributed by atoms with Gasteiger partial charge in [0.1, 0.15) is 0 Å². The second-order valence-corrected chi connectivity index (χ2v) is 4.28. The topological polar surface area (TPSA) is 52.9 Å². The van der Waals surface area contributed by atoms with Gasteiger partial charge in [-0.05, 0) is 16.7 Å². The Hall–Kier alpha value is 0.542. The van der Waals surface area contributed by atoms with Gasteiger partial charge in [-0.15, -0.1) is 0 Å². The van der Waals surface area contributed by atoms with Crippen LogP contribution in [-0.2, 0) is 5.41 Å². The molecule has 0 aliphatic carbocycles. The number of hydrogen-bond acceptors (Lipinski definition) is 1. The Labute approximate surface area is 150 Å². The van der Waals surface area contributed by atoms with Crippen LogP contribution in [0.15, 0.2) is 24.3 Å². The molecule has 0 unspecified atom stereocenters. The van der Waals surface area contributed by atoms with Crippen molar-refractivity contribution in [2.24, 2.45) is 0 Å². The average molecular weight is 324 g/mol. The van der Waals surface area contributed by atoms with Crippen molar-refractivity contribution in [3.8, 4) is 0 Å². The summed E-state index contributed by atoms with van der Waals surface area (Å²) >= 11 is 0. The molecule has 4 heteroatoms. The minimum atomic E-state index is -0.781. The van der Waals surface area contributed by atoms with Crippen LogP contribution in [0.25, 0.3) is 5.73 Å². The molecule has 0 aliphatic heterocycles. The van der Waals surface area contributed by atoms with E-state index in [2.05, 4.69) is 26.1 Å². The van der Waals surface area contributed by atoms with Crippen LogP contribution in [0.3, 0.4) is 0 Å². The van der Waals surface area contributed by atoms with Gasteiger partial charge in [0.05, 0.1) is 0 Å². The predicted molar refractivity (Wildman–Crippen MR) is 58.5 cm³/mol. The van der Waals surface area contributed by atoms with Gasteiger partial charge < -0.3 is 11.1 Å². The Kier molecular flexibility index (Phi) is 6.55. The zero-order chi connectivity index (χ0) is 10.8. The largest absolute Gasteiger partial charge is 1.00 e. The van der Waals surface area contributed by atoms with Crippen molar-refractivity contribution in [1.29, 1.82) is 0 Å². The number of carbonyl (C=O) groups excluding carboxylic acids is 1. The fourth-order valence-electron chi connectivity index (χ4n) is 1.19. The van der Waals surface area contributed by atoms with Crippen LogP contribution >= 0.6 is 0 Å². The van der Waals surface area contributed by atoms with Crippen molar-refractivity contribution in [2.75, 3.05) is 5.32 Å². The van der Waals surface area contributed by atoms with Gasteiger partial charge in [-0.2, -0.15) is 0 Å². The standard InChI is InChI=1S/C11H16N2O.Cs/c1-11(2,3)8-5-4-6-9(7-8)13-10(12)14;/h4-7H,1-3H3,(H3,12,13,14);/q;+1/p-1. The summed E-state index contributed by atoms with van der Waals surface area (Å²) < 4.78 is 0. The molecule has 0 aromatic heterocycles. The molecule has 1 aromatic rings. The molecular weight excluding hydrogens is 309 g/mol. The molecule has 2 amide bonds. The molecule has 0 radical (unpaired) electrons. The van der Waals surface area contributed by atoms with Crippen LogP contribution in [0.2, 0.25) is 0 Å². The quantitative estimate of drug-likeness (QED) is 0.807. The van der Waals surface area contributed by atoms with Gasteiger partial charge in [-0.3, -0.25) is 4.79 Å². The molecule has 0 aliphatic rings. The van der Waals surface area contributed by atoms with E-state index >= 15 is 0 Å². The normalized spacial score (nSPS) is 10.3. The van der Waals surface area contributed by atoms with Crippen LogP contribution in [0.5, 0.6) is 0 Å². The summed E-state index contributed by atoms with van der Waals surface area (Å²) in [6.45, 7) is 6.32. The first-order valence-corrected chi connectivity index (χ1v) is 4.53. The zero-order valence-electron chi connectivity index (χ0n) is 9.72. The summed E-state index contributed by atoms with van der Waals surface area (Å²) in [6.07, 6.45) is 0. The van der Waals surface area contributed by atoms with Gasteiger partial charge in [0, 0.05) is 0 Å². The van der Waals surface area contributed by atoms with Crippen molar-refractivity contribution >= 4 is 11.7 Å². The first kappa shape index (κ1) is 15.5. The van der Waals surface area contributed by atoms with Gasteiger partial charge in [0.25, 0.3) is 0 Å². The molecule has 0 fully saturated rings. The van der Waals surface area contributed by atoms with Crippen LogP contribution in [0.4, 0.5) is 10.5 Å². The Morgan fingerprint density at radius 2 is 1.93 bits per heavy atom. The number of benzene rings is 1. The fourth-order valence-corrected chi connectivity index (χ4v) is 1.19. The molecule has 3 nitrogen and oxygen atoms in total. The van der Waals surface area contributed by atoms with E-state index < -0.39 is 6.03 Å². The summed E-state index contributed by atoms with van der Waals surface area (Å²) in [4.78, 5) is 10.5. The summed E-state index contributed by atoms with van der Waals surface area (Å²) in [6, 6.07) is 6.79. The molecule has 15 heavy (non-hydrogen) atoms. The van der Waals surface area contributed by atoms with Crippen molar-refractivity contribution in [2.45, 2.75) is 26.2 Å². The number of amides is 2. The zero-order valence-corrected chi connectivity index (χ0v) is 16.0. The summed E-state index contributed by atoms with van der Waals surface area (Å²) in [5.41, 5.74) is 8.67. The smallest absolute Gasteiger partial charge is 0.447 e. The molecule has 0 saturated carbocycles. The van der Waals surface area contributed by atoms with E-state index in [4.69, 9.17) is 5.73 Å². The Morgan fingerprint density at radius 1 is 1.33 bits per heavy atom. The third-order valence-corrected chi connectivity index (χ3v) is 1.99. The van der Waals surface area contributed by atoms with E-state index in [0.29, 0.717) is 5.69 Å². The molecule has 0 heterocycles. The molecular formula is C11H15CsN2O. The van der Waals surface area contributed by atoms with E-state index in [1.165, 1.54) is 0 Å². The van der Waals surface area contributed by atoms with Crippen LogP contribution < -0.4 is 74.2 Å². The Bertz CT molecular complexity index is 345. The van der Waals surface area contributed by atoms with Crippen LogP contribution in [0.1, 0.15) is 26.3 Å². The molecule has 0 saturated heterocycles. The Balaban J connectivity index is 0.00000196. The third-order valence-electron chi connectivity index (χ3n) is 1.99. The minimum Gasteiger partial charge on any atom is -0.447 e. The number of hydrogen-bond donors (Lipinski definition) is 1. The molecule has 2 N–H and O–H groups in total. The van der Waals surface area contributed by atoms with Gasteiger partial charge in [-0.1, -0.05) is 45.0 Å². The molecule has 0 spiro atoms. The molecule has 0 atom stereocenters. The van der Waals surface area contributed by atoms with Gasteiger partial charge in [0.2, 0.25) is 0 Å². The van der Waals surface area contributed by atoms with Crippen molar-refractivity contribution in [1.82, 2.24) is 0 Å². The van der Waals surface area contributed by atoms with E-state index in [9.17, 15) is 4.79 Å². The van der Waals surface area contributed by atoms with Gasteiger partial charge >= 0.3 is 68.9 Å². The summed E-state index contributed by atoms with van der Waals surface area (Å²) in [5.74, 6) is 0. The third kappa shape index (κ3) is 5.42. The number of urea groups is 1. The number of nitrogens with one attached hydrogen (secondary N) is 2. The predicted octanol–water partition coefficient (Wildman–Crippen LogP) is 0.572. The monoisotopic (exact) mass is 324 g/mol. The Morgan fingerprint density at radius 3 is 2.40 bits per heavy atom. The van der Waals surface area contributed by atoms with E-state index in [-0.39, 0.29) is 74.3 Å². The van der Waals surface area contributed by atoms with Gasteiger partial charge in [-0.25, -0.2) is 0 Å². The van der Waals surface area contributed by atoms with E-state index in [1.807, 2.05) is 18.2 Å². The molecule has 76 valence electrons. The second-order valence-electron chi connectivity index (χ2n) is 4.28. The maximum atomic E-state index is 10.5. The van der Waals surface area contributed by atoms with Crippen molar-refractivity contribution < 1.29 is 73.7 Å². The first-order chi connectivity index (χ1) is 6.39. The summed E-state index contributed by atoms with van der Waals surface area (Å²) in [5, 5.41) is 2.44. The number of anilines is 1. The molecule has 0 bridgehead atoms. The van der Waals surface area contributed by atoms with E-state index in [1.54, 1.807) is 6.07 Å². The summed E-state index contributed by atoms with van der Waals surface area (Å²) in [7, 11) is 0. The van der Waals surface area contributed by atoms with Crippen LogP contribution in [-0.4, -0.2) is 6.03 Å². The number of rotatable bonds is 1. The van der Waals surface area contributed by atoms with Crippen LogP contribution in [0, 0.1) is 0 Å². The second kappa shape index (κ2) is 6.32. The maximum absolute atomic E-state index is 10.5. The minimum absolute atomic E-state index is 0. The molecule has 1 aromatic carbocycles. The first-order valence-electron chi connectivity index (χ1n) is 4.53. The SMILES string of the molecule is CC(C)(C)c1cccc(NC([NH-])=O)c1.[Cs+]. The van der Waals surface area contributed by atoms with E-state index in [0.717, 1.165) is 5.56 Å². The fraction of sp³-hybridized carbons (Fsp3) is 0.364. The number of carbonyl (C=O) groups is 1. The van der Waals surface area contributed by atoms with Gasteiger partial charge in [0.15, 0.2) is 6.03 Å². The average Bonchev–Trinajstić information content (AvgIpc) is 2.01. The maximum Gasteiger partial charge on any atom is 1.00 e. The molecule has 1 rings (SSSR count). The van der Waals surface area contributed by atoms with Crippen molar-refractivity contribution in [3.63, 3.8) is 0 Å². The van der Waals surface area contributed by atoms with Crippen molar-refractivity contribution in [3.05, 3.63) is 35.6 Å².